The normalized spacial score (nSPS) is 18.9. The van der Waals surface area contributed by atoms with Crippen molar-refractivity contribution in [1.29, 1.82) is 0 Å². The average Bonchev–Trinajstić information content (AvgIpc) is 3.21. The van der Waals surface area contributed by atoms with E-state index in [1.165, 1.54) is 43.1 Å². The highest BCUT2D eigenvalue weighted by molar-refractivity contribution is 7.53. The maximum atomic E-state index is 12.5. The van der Waals surface area contributed by atoms with E-state index in [4.69, 9.17) is 0 Å². The van der Waals surface area contributed by atoms with Crippen LogP contribution in [-0.2, 0) is 19.5 Å². The topological polar surface area (TPSA) is 41.1 Å². The van der Waals surface area contributed by atoms with Crippen molar-refractivity contribution in [1.82, 2.24) is 5.32 Å². The highest BCUT2D eigenvalue weighted by atomic mass is 31.1. The van der Waals surface area contributed by atoms with Gasteiger partial charge in [-0.1, -0.05) is 7.53 Å². The van der Waals surface area contributed by atoms with Gasteiger partial charge in [-0.15, -0.1) is 0 Å². The molecular formula is C15H23N2OP. The smallest absolute Gasteiger partial charge is 0.254 e. The Morgan fingerprint density at radius 2 is 2.05 bits per heavy atom. The minimum atomic E-state index is -0.281. The first-order valence-electron chi connectivity index (χ1n) is 7.38. The molecule has 4 heteroatoms. The van der Waals surface area contributed by atoms with E-state index >= 15 is 0 Å². The predicted octanol–water partition coefficient (Wildman–Crippen LogP) is 3.27. The number of amides is 1. The molecule has 0 saturated heterocycles. The summed E-state index contributed by atoms with van der Waals surface area (Å²) in [6.45, 7) is 3.16. The molecule has 1 atom stereocenters. The van der Waals surface area contributed by atoms with Crippen LogP contribution in [0.15, 0.2) is 0 Å². The molecule has 3 nitrogen and oxygen atoms in total. The van der Waals surface area contributed by atoms with Crippen molar-refractivity contribution in [3.8, 4) is 0 Å². The molecule has 1 fully saturated rings. The molecule has 1 amide bonds. The number of hydrogen-bond acceptors (Lipinski definition) is 2. The maximum Gasteiger partial charge on any atom is 0.254 e. The minimum absolute atomic E-state index is 0.164. The first kappa shape index (κ1) is 13.1. The summed E-state index contributed by atoms with van der Waals surface area (Å²) in [6, 6.07) is 0. The van der Waals surface area contributed by atoms with E-state index in [0.717, 1.165) is 24.4 Å². The Morgan fingerprint density at radius 1 is 1.32 bits per heavy atom. The first-order valence-corrected chi connectivity index (χ1v) is 9.17. The Kier molecular flexibility index (Phi) is 3.58. The molecule has 3 rings (SSSR count). The summed E-state index contributed by atoms with van der Waals surface area (Å²) in [5.41, 5.74) is 3.57. The van der Waals surface area contributed by atoms with Crippen LogP contribution in [0.3, 0.4) is 0 Å². The largest absolute Gasteiger partial charge is 0.384 e. The number of carbonyl (C=O) groups excluding carboxylic acids is 1. The van der Waals surface area contributed by atoms with Gasteiger partial charge >= 0.3 is 0 Å². The first-order chi connectivity index (χ1) is 9.22. The number of anilines is 1. The maximum absolute atomic E-state index is 12.5. The van der Waals surface area contributed by atoms with Crippen LogP contribution in [0.25, 0.3) is 0 Å². The lowest BCUT2D eigenvalue weighted by atomic mass is 9.95. The number of fused-ring (bicyclic) bond motifs is 1. The fourth-order valence-corrected chi connectivity index (χ4v) is 5.46. The van der Waals surface area contributed by atoms with E-state index in [2.05, 4.69) is 17.3 Å². The van der Waals surface area contributed by atoms with Crippen molar-refractivity contribution >= 4 is 18.9 Å². The van der Waals surface area contributed by atoms with Crippen molar-refractivity contribution in [2.24, 2.45) is 12.6 Å². The Bertz CT molecular complexity index is 503. The highest BCUT2D eigenvalue weighted by Gasteiger charge is 2.28. The van der Waals surface area contributed by atoms with Crippen molar-refractivity contribution in [2.75, 3.05) is 18.9 Å². The summed E-state index contributed by atoms with van der Waals surface area (Å²) in [5, 5.41) is 8.03. The summed E-state index contributed by atoms with van der Waals surface area (Å²) >= 11 is 0. The van der Waals surface area contributed by atoms with E-state index in [-0.39, 0.29) is 13.4 Å². The molecule has 1 aromatic heterocycles. The highest BCUT2D eigenvalue weighted by Crippen LogP contribution is 2.50. The lowest BCUT2D eigenvalue weighted by Gasteiger charge is -2.14. The molecule has 0 radical (unpaired) electrons. The molecule has 104 valence electrons. The summed E-state index contributed by atoms with van der Waals surface area (Å²) in [5.74, 6) is 0.907. The van der Waals surface area contributed by atoms with Gasteiger partial charge in [0.15, 0.2) is 0 Å². The predicted molar refractivity (Wildman–Crippen MR) is 81.4 cm³/mol. The molecule has 2 aliphatic rings. The second-order valence-corrected chi connectivity index (χ2v) is 7.92. The van der Waals surface area contributed by atoms with E-state index in [9.17, 15) is 4.79 Å². The van der Waals surface area contributed by atoms with Crippen molar-refractivity contribution in [3.63, 3.8) is 0 Å². The monoisotopic (exact) mass is 278 g/mol. The van der Waals surface area contributed by atoms with E-state index in [1.807, 2.05) is 7.05 Å². The molecule has 1 saturated carbocycles. The van der Waals surface area contributed by atoms with Crippen LogP contribution in [0.1, 0.15) is 46.9 Å². The van der Waals surface area contributed by atoms with E-state index in [1.54, 1.807) is 5.30 Å². The van der Waals surface area contributed by atoms with E-state index in [0.29, 0.717) is 0 Å². The fourth-order valence-electron chi connectivity index (χ4n) is 3.16. The van der Waals surface area contributed by atoms with Gasteiger partial charge in [0.2, 0.25) is 0 Å². The molecule has 1 unspecified atom stereocenters. The van der Waals surface area contributed by atoms with Crippen LogP contribution < -0.4 is 10.6 Å². The SMILES string of the molecule is CNc1c(C(=O)NCC2CC2)c2c(p1C)CCCC2. The van der Waals surface area contributed by atoms with Crippen molar-refractivity contribution in [3.05, 3.63) is 16.4 Å². The molecule has 1 heterocycles. The number of nitrogens with one attached hydrogen (secondary N) is 2. The van der Waals surface area contributed by atoms with Gasteiger partial charge in [-0.05, 0) is 62.0 Å². The summed E-state index contributed by atoms with van der Waals surface area (Å²) in [7, 11) is 1.68. The standard InChI is InChI=1S/C15H23N2OP/c1-16-15-13(14(18)17-9-10-7-8-10)11-5-3-4-6-12(11)19(15)2/h10,16H,3-9H2,1-2H3,(H,17,18). The van der Waals surface area contributed by atoms with Gasteiger partial charge in [0.05, 0.1) is 11.0 Å². The number of hydrogen-bond donors (Lipinski definition) is 2. The molecular weight excluding hydrogens is 255 g/mol. The molecule has 0 spiro atoms. The second-order valence-electron chi connectivity index (χ2n) is 5.82. The molecule has 0 aromatic carbocycles. The second kappa shape index (κ2) is 5.20. The summed E-state index contributed by atoms with van der Waals surface area (Å²) in [6.07, 6.45) is 7.39. The molecule has 0 aliphatic heterocycles. The fraction of sp³-hybridized carbons (Fsp3) is 0.667. The van der Waals surface area contributed by atoms with Gasteiger partial charge in [0.1, 0.15) is 0 Å². The third-order valence-corrected chi connectivity index (χ3v) is 6.85. The average molecular weight is 278 g/mol. The van der Waals surface area contributed by atoms with Crippen LogP contribution in [0.2, 0.25) is 0 Å². The van der Waals surface area contributed by atoms with Crippen molar-refractivity contribution < 1.29 is 4.79 Å². The van der Waals surface area contributed by atoms with Gasteiger partial charge < -0.3 is 10.6 Å². The van der Waals surface area contributed by atoms with Gasteiger partial charge in [0.25, 0.3) is 5.91 Å². The lowest BCUT2D eigenvalue weighted by Crippen LogP contribution is -2.27. The van der Waals surface area contributed by atoms with E-state index < -0.39 is 0 Å². The summed E-state index contributed by atoms with van der Waals surface area (Å²) in [4.78, 5) is 12.5. The van der Waals surface area contributed by atoms with Crippen LogP contribution in [0, 0.1) is 5.92 Å². The Hall–Kier alpha value is -0.950. The zero-order valence-corrected chi connectivity index (χ0v) is 12.8. The third-order valence-electron chi connectivity index (χ3n) is 4.43. The molecule has 19 heavy (non-hydrogen) atoms. The molecule has 0 bridgehead atoms. The number of rotatable bonds is 4. The zero-order valence-electron chi connectivity index (χ0n) is 11.9. The Morgan fingerprint density at radius 3 is 2.74 bits per heavy atom. The van der Waals surface area contributed by atoms with Crippen LogP contribution in [-0.4, -0.2) is 19.5 Å². The summed E-state index contributed by atoms with van der Waals surface area (Å²) < 4.78 is 0. The van der Waals surface area contributed by atoms with Gasteiger partial charge in [-0.3, -0.25) is 4.79 Å². The van der Waals surface area contributed by atoms with Gasteiger partial charge in [-0.25, -0.2) is 0 Å². The molecule has 2 N–H and O–H groups in total. The van der Waals surface area contributed by atoms with Crippen LogP contribution in [0.4, 0.5) is 5.42 Å². The minimum Gasteiger partial charge on any atom is -0.384 e. The van der Waals surface area contributed by atoms with Crippen molar-refractivity contribution in [2.45, 2.75) is 38.5 Å². The third kappa shape index (κ3) is 2.41. The number of carbonyl (C=O) groups is 1. The van der Waals surface area contributed by atoms with Gasteiger partial charge in [0, 0.05) is 13.6 Å². The Labute approximate surface area is 116 Å². The van der Waals surface area contributed by atoms with Gasteiger partial charge in [-0.2, -0.15) is 0 Å². The zero-order chi connectivity index (χ0) is 13.4. The quantitative estimate of drug-likeness (QED) is 0.887. The Balaban J connectivity index is 1.91. The van der Waals surface area contributed by atoms with Crippen LogP contribution in [0.5, 0.6) is 0 Å². The van der Waals surface area contributed by atoms with Crippen LogP contribution >= 0.6 is 7.53 Å². The molecule has 1 aromatic rings. The molecule has 2 aliphatic carbocycles. The lowest BCUT2D eigenvalue weighted by molar-refractivity contribution is 0.0952.